The van der Waals surface area contributed by atoms with Crippen molar-refractivity contribution in [1.29, 1.82) is 0 Å². The number of benzene rings is 1. The van der Waals surface area contributed by atoms with E-state index in [0.717, 1.165) is 5.69 Å². The van der Waals surface area contributed by atoms with E-state index in [1.165, 1.54) is 6.20 Å². The molecular formula is C20H23F3IN5O2. The Labute approximate surface area is 195 Å². The minimum Gasteiger partial charge on any atom is -0.468 e. The molecule has 168 valence electrons. The first-order chi connectivity index (χ1) is 14.4. The number of carbonyl (C=O) groups is 1. The largest absolute Gasteiger partial charge is 0.468 e. The summed E-state index contributed by atoms with van der Waals surface area (Å²) in [5.74, 6) is 0.335. The van der Waals surface area contributed by atoms with E-state index >= 15 is 0 Å². The zero-order chi connectivity index (χ0) is 21.6. The van der Waals surface area contributed by atoms with Gasteiger partial charge in [-0.2, -0.15) is 13.2 Å². The van der Waals surface area contributed by atoms with E-state index in [-0.39, 0.29) is 48.4 Å². The average molecular weight is 549 g/mol. The average Bonchev–Trinajstić information content (AvgIpc) is 3.10. The van der Waals surface area contributed by atoms with Gasteiger partial charge in [0.15, 0.2) is 12.6 Å². The first-order valence-electron chi connectivity index (χ1n) is 9.32. The fourth-order valence-electron chi connectivity index (χ4n) is 3.07. The van der Waals surface area contributed by atoms with Crippen LogP contribution in [0.4, 0.5) is 18.9 Å². The molecule has 7 nitrogen and oxygen atoms in total. The molecule has 1 fully saturated rings. The van der Waals surface area contributed by atoms with Crippen LogP contribution in [0.2, 0.25) is 0 Å². The number of carbonyl (C=O) groups excluding carboxylic acids is 1. The molecular weight excluding hydrogens is 526 g/mol. The monoisotopic (exact) mass is 549 g/mol. The lowest BCUT2D eigenvalue weighted by atomic mass is 10.2. The van der Waals surface area contributed by atoms with Gasteiger partial charge in [0.25, 0.3) is 0 Å². The fourth-order valence-corrected chi connectivity index (χ4v) is 3.07. The first kappa shape index (κ1) is 24.7. The Morgan fingerprint density at radius 2 is 2.00 bits per heavy atom. The molecule has 1 aliphatic rings. The number of halogens is 4. The maximum atomic E-state index is 12.4. The zero-order valence-corrected chi connectivity index (χ0v) is 19.1. The number of aromatic nitrogens is 1. The summed E-state index contributed by atoms with van der Waals surface area (Å²) in [6.45, 7) is -0.774. The quantitative estimate of drug-likeness (QED) is 0.329. The number of ether oxygens (including phenoxy) is 1. The maximum Gasteiger partial charge on any atom is 0.422 e. The summed E-state index contributed by atoms with van der Waals surface area (Å²) in [6, 6.07) is 12.5. The van der Waals surface area contributed by atoms with Gasteiger partial charge in [0, 0.05) is 44.0 Å². The highest BCUT2D eigenvalue weighted by molar-refractivity contribution is 14.0. The molecule has 2 N–H and O–H groups in total. The summed E-state index contributed by atoms with van der Waals surface area (Å²) in [7, 11) is 1.57. The lowest BCUT2D eigenvalue weighted by molar-refractivity contribution is -0.154. The van der Waals surface area contributed by atoms with Gasteiger partial charge in [-0.25, -0.2) is 4.98 Å². The van der Waals surface area contributed by atoms with Gasteiger partial charge in [-0.3, -0.25) is 9.79 Å². The highest BCUT2D eigenvalue weighted by atomic mass is 127. The third-order valence-electron chi connectivity index (χ3n) is 4.43. The highest BCUT2D eigenvalue weighted by Crippen LogP contribution is 2.22. The van der Waals surface area contributed by atoms with E-state index in [2.05, 4.69) is 20.6 Å². The molecule has 31 heavy (non-hydrogen) atoms. The van der Waals surface area contributed by atoms with E-state index in [0.29, 0.717) is 24.5 Å². The summed E-state index contributed by atoms with van der Waals surface area (Å²) >= 11 is 0. The van der Waals surface area contributed by atoms with Crippen molar-refractivity contribution < 1.29 is 22.7 Å². The predicted octanol–water partition coefficient (Wildman–Crippen LogP) is 3.11. The standard InChI is InChI=1S/C20H22F3N5O2.HI/c1-24-19(26-11-14-6-5-9-25-18(14)30-13-20(21,22)23)27-15-10-17(29)28(12-15)16-7-3-2-4-8-16;/h2-9,15H,10-13H2,1H3,(H2,24,26,27);1H. The number of rotatable bonds is 6. The number of hydrogen-bond donors (Lipinski definition) is 2. The number of guanidine groups is 1. The van der Waals surface area contributed by atoms with Gasteiger partial charge in [0.1, 0.15) is 0 Å². The van der Waals surface area contributed by atoms with Crippen molar-refractivity contribution in [3.8, 4) is 5.88 Å². The van der Waals surface area contributed by atoms with Crippen LogP contribution in [-0.4, -0.2) is 49.3 Å². The molecule has 1 unspecified atom stereocenters. The smallest absolute Gasteiger partial charge is 0.422 e. The molecule has 2 aromatic rings. The second kappa shape index (κ2) is 11.2. The second-order valence-electron chi connectivity index (χ2n) is 6.68. The van der Waals surface area contributed by atoms with E-state index in [1.807, 2.05) is 30.3 Å². The van der Waals surface area contributed by atoms with Crippen LogP contribution in [-0.2, 0) is 11.3 Å². The van der Waals surface area contributed by atoms with Crippen molar-refractivity contribution in [1.82, 2.24) is 15.6 Å². The molecule has 0 spiro atoms. The number of pyridine rings is 1. The molecule has 1 atom stereocenters. The van der Waals surface area contributed by atoms with E-state index in [1.54, 1.807) is 24.1 Å². The summed E-state index contributed by atoms with van der Waals surface area (Å²) in [5.41, 5.74) is 1.29. The van der Waals surface area contributed by atoms with Crippen LogP contribution >= 0.6 is 24.0 Å². The lowest BCUT2D eigenvalue weighted by Crippen LogP contribution is -2.44. The van der Waals surface area contributed by atoms with Crippen molar-refractivity contribution in [3.05, 3.63) is 54.2 Å². The summed E-state index contributed by atoms with van der Waals surface area (Å²) in [4.78, 5) is 22.0. The first-order valence-corrected chi connectivity index (χ1v) is 9.32. The van der Waals surface area contributed by atoms with Gasteiger partial charge in [-0.15, -0.1) is 24.0 Å². The summed E-state index contributed by atoms with van der Waals surface area (Å²) in [6.07, 6.45) is -2.77. The van der Waals surface area contributed by atoms with Crippen molar-refractivity contribution in [2.75, 3.05) is 25.1 Å². The number of anilines is 1. The normalized spacial score (nSPS) is 16.6. The number of para-hydroxylation sites is 1. The molecule has 1 aromatic carbocycles. The number of alkyl halides is 3. The van der Waals surface area contributed by atoms with E-state index in [9.17, 15) is 18.0 Å². The van der Waals surface area contributed by atoms with Gasteiger partial charge >= 0.3 is 6.18 Å². The van der Waals surface area contributed by atoms with Crippen LogP contribution in [0.3, 0.4) is 0 Å². The number of aliphatic imine (C=N–C) groups is 1. The molecule has 1 saturated heterocycles. The van der Waals surface area contributed by atoms with E-state index in [4.69, 9.17) is 4.74 Å². The Morgan fingerprint density at radius 1 is 1.26 bits per heavy atom. The third kappa shape index (κ3) is 7.26. The second-order valence-corrected chi connectivity index (χ2v) is 6.68. The molecule has 11 heteroatoms. The zero-order valence-electron chi connectivity index (χ0n) is 16.7. The lowest BCUT2D eigenvalue weighted by Gasteiger charge is -2.19. The Bertz CT molecular complexity index is 896. The van der Waals surface area contributed by atoms with Crippen molar-refractivity contribution in [2.45, 2.75) is 25.2 Å². The van der Waals surface area contributed by atoms with Gasteiger partial charge in [0.05, 0.1) is 6.04 Å². The number of nitrogens with zero attached hydrogens (tertiary/aromatic N) is 3. The van der Waals surface area contributed by atoms with Gasteiger partial charge in [0.2, 0.25) is 11.8 Å². The molecule has 1 aromatic heterocycles. The molecule has 0 radical (unpaired) electrons. The van der Waals surface area contributed by atoms with Crippen LogP contribution < -0.4 is 20.3 Å². The molecule has 3 rings (SSSR count). The van der Waals surface area contributed by atoms with Crippen LogP contribution in [0.25, 0.3) is 0 Å². The molecule has 1 amide bonds. The number of amides is 1. The van der Waals surface area contributed by atoms with Crippen molar-refractivity contribution in [3.63, 3.8) is 0 Å². The number of nitrogens with one attached hydrogen (secondary N) is 2. The van der Waals surface area contributed by atoms with Gasteiger partial charge < -0.3 is 20.3 Å². The fraction of sp³-hybridized carbons (Fsp3) is 0.350. The third-order valence-corrected chi connectivity index (χ3v) is 4.43. The minimum absolute atomic E-state index is 0. The van der Waals surface area contributed by atoms with Crippen LogP contribution in [0.1, 0.15) is 12.0 Å². The molecule has 0 aliphatic carbocycles. The topological polar surface area (TPSA) is 78.9 Å². The Hall–Kier alpha value is -2.57. The minimum atomic E-state index is -4.44. The van der Waals surface area contributed by atoms with Crippen LogP contribution in [0.5, 0.6) is 5.88 Å². The van der Waals surface area contributed by atoms with Gasteiger partial charge in [-0.1, -0.05) is 24.3 Å². The molecule has 0 bridgehead atoms. The predicted molar refractivity (Wildman–Crippen MR) is 122 cm³/mol. The summed E-state index contributed by atoms with van der Waals surface area (Å²) in [5, 5.41) is 6.20. The molecule has 2 heterocycles. The SMILES string of the molecule is CN=C(NCc1cccnc1OCC(F)(F)F)NC1CC(=O)N(c2ccccc2)C1.I. The molecule has 1 aliphatic heterocycles. The van der Waals surface area contributed by atoms with Crippen LogP contribution in [0.15, 0.2) is 53.7 Å². The van der Waals surface area contributed by atoms with Crippen LogP contribution in [0, 0.1) is 0 Å². The summed E-state index contributed by atoms with van der Waals surface area (Å²) < 4.78 is 42.1. The number of hydrogen-bond acceptors (Lipinski definition) is 4. The Balaban J connectivity index is 0.00000341. The Morgan fingerprint density at radius 3 is 2.68 bits per heavy atom. The Kier molecular flexibility index (Phi) is 8.89. The molecule has 0 saturated carbocycles. The van der Waals surface area contributed by atoms with Crippen molar-refractivity contribution >= 4 is 41.5 Å². The van der Waals surface area contributed by atoms with Crippen molar-refractivity contribution in [2.24, 2.45) is 4.99 Å². The van der Waals surface area contributed by atoms with E-state index < -0.39 is 12.8 Å². The van der Waals surface area contributed by atoms with Gasteiger partial charge in [-0.05, 0) is 18.2 Å². The maximum absolute atomic E-state index is 12.4. The highest BCUT2D eigenvalue weighted by Gasteiger charge is 2.31.